The third kappa shape index (κ3) is 6.07. The highest BCUT2D eigenvalue weighted by Gasteiger charge is 2.42. The van der Waals surface area contributed by atoms with Crippen molar-refractivity contribution in [1.29, 1.82) is 0 Å². The van der Waals surface area contributed by atoms with Gasteiger partial charge in [-0.2, -0.15) is 0 Å². The van der Waals surface area contributed by atoms with Gasteiger partial charge in [0, 0.05) is 43.4 Å². The van der Waals surface area contributed by atoms with Gasteiger partial charge in [0.2, 0.25) is 5.91 Å². The van der Waals surface area contributed by atoms with Crippen molar-refractivity contribution in [3.63, 3.8) is 0 Å². The highest BCUT2D eigenvalue weighted by Crippen LogP contribution is 2.45. The topological polar surface area (TPSA) is 118 Å². The van der Waals surface area contributed by atoms with Crippen molar-refractivity contribution in [3.05, 3.63) is 65.6 Å². The molecule has 2 amide bonds. The maximum absolute atomic E-state index is 13.9. The number of H-pyrrole nitrogens is 1. The van der Waals surface area contributed by atoms with E-state index in [0.29, 0.717) is 24.9 Å². The van der Waals surface area contributed by atoms with Gasteiger partial charge >= 0.3 is 6.09 Å². The van der Waals surface area contributed by atoms with Gasteiger partial charge in [0.25, 0.3) is 0 Å². The normalized spacial score (nSPS) is 22.7. The summed E-state index contributed by atoms with van der Waals surface area (Å²) in [6.45, 7) is 7.27. The number of hydrogen-bond acceptors (Lipinski definition) is 7. The molecule has 3 aromatic carbocycles. The van der Waals surface area contributed by atoms with Crippen molar-refractivity contribution in [1.82, 2.24) is 20.2 Å². The number of fused-ring (bicyclic) bond motifs is 6. The Morgan fingerprint density at radius 3 is 2.73 bits per heavy atom. The quantitative estimate of drug-likeness (QED) is 0.196. The molecule has 10 heteroatoms. The van der Waals surface area contributed by atoms with Crippen LogP contribution < -0.4 is 10.1 Å². The van der Waals surface area contributed by atoms with Crippen molar-refractivity contribution < 1.29 is 23.8 Å². The number of carbonyl (C=O) groups is 2. The number of methoxy groups -OCH3 is 2. The largest absolute Gasteiger partial charge is 0.488 e. The molecular formula is C41H47N5O5. The van der Waals surface area contributed by atoms with Gasteiger partial charge in [0.15, 0.2) is 0 Å². The monoisotopic (exact) mass is 689 g/mol. The Balaban J connectivity index is 1.03. The Labute approximate surface area is 299 Å². The standard InChI is InChI=1S/C41H47N5O5/c1-22(2)38(45-41(48)50-5)40(47)46-23(3)6-13-36(46)34-17-31-30-18-37-32(16-25(30)10-12-33(31)43-34)29-11-9-26(15-28(29)21-51-37)35-19-42-39(44-35)27-8-7-24(14-27)20-49-4/h9-12,15-16,18-19,22-24,27,36,38H,6-8,13-14,17,20-21H2,1-5H3,(H,42,44)(H,45,48)/t23-,24+,27-,36-,38-/m0/s1. The van der Waals surface area contributed by atoms with Crippen molar-refractivity contribution >= 4 is 34.2 Å². The molecule has 1 aliphatic carbocycles. The highest BCUT2D eigenvalue weighted by molar-refractivity contribution is 6.06. The van der Waals surface area contributed by atoms with Crippen LogP contribution in [0.25, 0.3) is 33.2 Å². The van der Waals surface area contributed by atoms with Gasteiger partial charge < -0.3 is 29.4 Å². The number of aliphatic imine (C=N–C) groups is 1. The molecule has 266 valence electrons. The summed E-state index contributed by atoms with van der Waals surface area (Å²) in [5, 5.41) is 5.04. The van der Waals surface area contributed by atoms with Gasteiger partial charge in [-0.05, 0) is 108 Å². The summed E-state index contributed by atoms with van der Waals surface area (Å²) in [6, 6.07) is 14.5. The number of ether oxygens (including phenoxy) is 3. The lowest BCUT2D eigenvalue weighted by Crippen LogP contribution is -2.55. The number of rotatable bonds is 8. The van der Waals surface area contributed by atoms with E-state index in [1.165, 1.54) is 24.7 Å². The third-order valence-electron chi connectivity index (χ3n) is 11.5. The molecule has 1 saturated carbocycles. The van der Waals surface area contributed by atoms with Crippen LogP contribution in [0.5, 0.6) is 5.75 Å². The first-order valence-electron chi connectivity index (χ1n) is 18.4. The highest BCUT2D eigenvalue weighted by atomic mass is 16.5. The summed E-state index contributed by atoms with van der Waals surface area (Å²) in [4.78, 5) is 41.5. The number of nitrogens with one attached hydrogen (secondary N) is 2. The maximum atomic E-state index is 13.9. The Kier molecular flexibility index (Phi) is 8.82. The van der Waals surface area contributed by atoms with Gasteiger partial charge in [0.05, 0.1) is 30.7 Å². The van der Waals surface area contributed by atoms with Crippen LogP contribution in [0.15, 0.2) is 53.7 Å². The number of imidazole rings is 1. The van der Waals surface area contributed by atoms with E-state index >= 15 is 0 Å². The van der Waals surface area contributed by atoms with E-state index in [2.05, 4.69) is 59.7 Å². The van der Waals surface area contributed by atoms with Crippen LogP contribution in [-0.2, 0) is 27.3 Å². The number of carbonyl (C=O) groups excluding carboxylic acids is 2. The first-order valence-corrected chi connectivity index (χ1v) is 18.4. The number of aromatic amines is 1. The third-order valence-corrected chi connectivity index (χ3v) is 11.5. The molecule has 0 unspecified atom stereocenters. The molecule has 4 heterocycles. The van der Waals surface area contributed by atoms with E-state index in [4.69, 9.17) is 24.2 Å². The number of likely N-dealkylation sites (tertiary alicyclic amines) is 1. The Bertz CT molecular complexity index is 2030. The molecule has 4 aliphatic rings. The van der Waals surface area contributed by atoms with Gasteiger partial charge in [-0.25, -0.2) is 9.78 Å². The molecule has 1 saturated heterocycles. The lowest BCUT2D eigenvalue weighted by Gasteiger charge is -2.33. The fourth-order valence-electron chi connectivity index (χ4n) is 8.83. The van der Waals surface area contributed by atoms with E-state index in [1.807, 2.05) is 24.9 Å². The molecule has 3 aliphatic heterocycles. The molecule has 0 bridgehead atoms. The van der Waals surface area contributed by atoms with E-state index in [1.54, 1.807) is 7.11 Å². The van der Waals surface area contributed by atoms with E-state index in [9.17, 15) is 9.59 Å². The first kappa shape index (κ1) is 33.4. The number of amides is 2. The Hall–Kier alpha value is -4.70. The molecule has 0 radical (unpaired) electrons. The average Bonchev–Trinajstić information content (AvgIpc) is 3.95. The van der Waals surface area contributed by atoms with E-state index in [-0.39, 0.29) is 23.9 Å². The zero-order valence-electron chi connectivity index (χ0n) is 30.1. The van der Waals surface area contributed by atoms with Crippen molar-refractivity contribution in [2.24, 2.45) is 16.8 Å². The van der Waals surface area contributed by atoms with Crippen LogP contribution in [-0.4, -0.2) is 71.5 Å². The minimum Gasteiger partial charge on any atom is -0.488 e. The molecule has 51 heavy (non-hydrogen) atoms. The second-order valence-corrected chi connectivity index (χ2v) is 15.1. The van der Waals surface area contributed by atoms with Gasteiger partial charge in [-0.3, -0.25) is 9.79 Å². The second kappa shape index (κ2) is 13.5. The summed E-state index contributed by atoms with van der Waals surface area (Å²) in [5.74, 6) is 2.84. The molecule has 10 nitrogen and oxygen atoms in total. The molecule has 4 aromatic rings. The molecule has 5 atom stereocenters. The minimum absolute atomic E-state index is 0.0452. The fourth-order valence-corrected chi connectivity index (χ4v) is 8.83. The number of benzene rings is 3. The fraction of sp³-hybridized carbons (Fsp3) is 0.463. The van der Waals surface area contributed by atoms with Crippen molar-refractivity contribution in [2.45, 2.75) is 89.9 Å². The Morgan fingerprint density at radius 1 is 1.06 bits per heavy atom. The smallest absolute Gasteiger partial charge is 0.407 e. The van der Waals surface area contributed by atoms with Crippen LogP contribution >= 0.6 is 0 Å². The van der Waals surface area contributed by atoms with Crippen LogP contribution in [0.1, 0.15) is 75.7 Å². The molecular weight excluding hydrogens is 642 g/mol. The number of aromatic nitrogens is 2. The number of alkyl carbamates (subject to hydrolysis) is 1. The van der Waals surface area contributed by atoms with Crippen LogP contribution in [0, 0.1) is 11.8 Å². The zero-order chi connectivity index (χ0) is 35.4. The molecule has 1 aromatic heterocycles. The lowest BCUT2D eigenvalue weighted by molar-refractivity contribution is -0.135. The SMILES string of the molecule is COC[C@@H]1CC[C@H](c2ncc(-c3ccc4c(c3)COc3cc5c6c(ccc5cc3-4)N=C([C@@H]3CC[C@H](C)N3C(=O)[C@@H](NC(=O)OC)C(C)C)C6)[nH]2)C1. The van der Waals surface area contributed by atoms with Crippen molar-refractivity contribution in [3.8, 4) is 28.1 Å². The minimum atomic E-state index is -0.670. The van der Waals surface area contributed by atoms with Gasteiger partial charge in [0.1, 0.15) is 24.2 Å². The number of nitrogens with zero attached hydrogens (tertiary/aromatic N) is 3. The lowest BCUT2D eigenvalue weighted by atomic mass is 9.90. The van der Waals surface area contributed by atoms with Crippen molar-refractivity contribution in [2.75, 3.05) is 20.8 Å². The number of hydrogen-bond donors (Lipinski definition) is 2. The Morgan fingerprint density at radius 2 is 1.92 bits per heavy atom. The summed E-state index contributed by atoms with van der Waals surface area (Å²) < 4.78 is 16.7. The van der Waals surface area contributed by atoms with Crippen LogP contribution in [0.3, 0.4) is 0 Å². The summed E-state index contributed by atoms with van der Waals surface area (Å²) >= 11 is 0. The molecule has 2 N–H and O–H groups in total. The molecule has 0 spiro atoms. The first-order chi connectivity index (χ1) is 24.7. The average molecular weight is 690 g/mol. The van der Waals surface area contributed by atoms with Crippen LogP contribution in [0.2, 0.25) is 0 Å². The van der Waals surface area contributed by atoms with E-state index < -0.39 is 12.1 Å². The van der Waals surface area contributed by atoms with Gasteiger partial charge in [-0.1, -0.05) is 32.0 Å². The second-order valence-electron chi connectivity index (χ2n) is 15.1. The summed E-state index contributed by atoms with van der Waals surface area (Å²) in [5.41, 5.74) is 8.70. The molecule has 8 rings (SSSR count). The zero-order valence-corrected chi connectivity index (χ0v) is 30.1. The van der Waals surface area contributed by atoms with Crippen LogP contribution in [0.4, 0.5) is 10.5 Å². The predicted octanol–water partition coefficient (Wildman–Crippen LogP) is 7.71. The molecule has 2 fully saturated rings. The van der Waals surface area contributed by atoms with E-state index in [0.717, 1.165) is 88.4 Å². The summed E-state index contributed by atoms with van der Waals surface area (Å²) in [7, 11) is 3.10. The predicted molar refractivity (Wildman–Crippen MR) is 198 cm³/mol. The van der Waals surface area contributed by atoms with Gasteiger partial charge in [-0.15, -0.1) is 0 Å². The maximum Gasteiger partial charge on any atom is 0.407 e. The summed E-state index contributed by atoms with van der Waals surface area (Å²) in [6.07, 6.45) is 7.21.